The summed E-state index contributed by atoms with van der Waals surface area (Å²) < 4.78 is 162. The van der Waals surface area contributed by atoms with Crippen LogP contribution in [0.5, 0.6) is 23.0 Å². The van der Waals surface area contributed by atoms with Gasteiger partial charge < -0.3 is 21.7 Å². The maximum Gasteiger partial charge on any atom is 0.446 e. The summed E-state index contributed by atoms with van der Waals surface area (Å²) in [5, 5.41) is 11.1. The van der Waals surface area contributed by atoms with Gasteiger partial charge in [0.2, 0.25) is 0 Å². The normalized spacial score (nSPS) is 13.5. The second-order valence-electron chi connectivity index (χ2n) is 16.1. The number of rotatable bonds is 8. The van der Waals surface area contributed by atoms with Crippen molar-refractivity contribution in [3.8, 4) is 23.0 Å². The number of aromatic nitrogens is 3. The molecular weight excluding hydrogens is 967 g/mol. The van der Waals surface area contributed by atoms with E-state index < -0.39 is 53.1 Å². The van der Waals surface area contributed by atoms with Crippen molar-refractivity contribution in [1.29, 1.82) is 0 Å². The third-order valence-corrected chi connectivity index (χ3v) is 14.0. The Hall–Kier alpha value is -7.61. The molecule has 0 amide bonds. The Morgan fingerprint density at radius 2 is 0.809 bits per heavy atom. The lowest BCUT2D eigenvalue weighted by Crippen LogP contribution is -2.10. The van der Waals surface area contributed by atoms with Crippen molar-refractivity contribution >= 4 is 166 Å². The first-order valence-electron chi connectivity index (χ1n) is 19.9. The molecule has 0 bridgehead atoms. The van der Waals surface area contributed by atoms with Crippen molar-refractivity contribution in [2.24, 2.45) is 0 Å². The molecule has 23 heteroatoms. The van der Waals surface area contributed by atoms with Gasteiger partial charge in [-0.25, -0.2) is 4.52 Å². The standard InChI is InChI=1S/C45H23N3O16S4/c49-65(50,51)61-42-24-6-2-1-5-22(24)40-37-29(42)13-10-23-21-9-12-28-33-19(16-18-32(35(21)33)48(47-40)41(23)37)20-15-17-31-34(36(20)45(28)64-68(58,59)60)27-11-14-30-38(39(27)46-31)44(63-67(55,56)57)26-8-4-3-7-25(26)43(30)62-66(52,53)54/h1-18,46H,(H,49,50,51)(H,52,53,54)(H,55,56,57)(H,58,59,60). The molecule has 13 aromatic rings. The summed E-state index contributed by atoms with van der Waals surface area (Å²) in [7, 11) is -20.7. The molecule has 0 aliphatic rings. The van der Waals surface area contributed by atoms with Crippen LogP contribution in [-0.2, 0) is 41.6 Å². The minimum absolute atomic E-state index is 0.0141. The molecule has 0 fully saturated rings. The Balaban J connectivity index is 1.19. The summed E-state index contributed by atoms with van der Waals surface area (Å²) >= 11 is 0. The smallest absolute Gasteiger partial charge is 0.360 e. The van der Waals surface area contributed by atoms with Crippen LogP contribution in [0, 0.1) is 0 Å². The molecule has 0 radical (unpaired) electrons. The number of nitrogens with zero attached hydrogens (tertiary/aromatic N) is 2. The van der Waals surface area contributed by atoms with E-state index in [9.17, 15) is 51.9 Å². The lowest BCUT2D eigenvalue weighted by atomic mass is 9.88. The second kappa shape index (κ2) is 13.1. The average molecular weight is 990 g/mol. The monoisotopic (exact) mass is 989 g/mol. The van der Waals surface area contributed by atoms with E-state index in [4.69, 9.17) is 21.8 Å². The number of pyridine rings is 1. The first-order chi connectivity index (χ1) is 32.2. The van der Waals surface area contributed by atoms with Crippen LogP contribution in [0.3, 0.4) is 0 Å². The second-order valence-corrected chi connectivity index (χ2v) is 20.2. The van der Waals surface area contributed by atoms with Crippen molar-refractivity contribution in [2.45, 2.75) is 0 Å². The number of benzene rings is 10. The van der Waals surface area contributed by atoms with Crippen LogP contribution in [-0.4, -0.2) is 66.5 Å². The van der Waals surface area contributed by atoms with Gasteiger partial charge in [0, 0.05) is 80.9 Å². The molecular formula is C45H23N3O16S4. The zero-order chi connectivity index (χ0) is 47.1. The fourth-order valence-electron chi connectivity index (χ4n) is 10.4. The molecule has 3 aromatic heterocycles. The lowest BCUT2D eigenvalue weighted by molar-refractivity contribution is 0.385. The van der Waals surface area contributed by atoms with Gasteiger partial charge in [0.1, 0.15) is 5.52 Å². The Kier molecular flexibility index (Phi) is 7.82. The highest BCUT2D eigenvalue weighted by molar-refractivity contribution is 7.82. The molecule has 338 valence electrons. The van der Waals surface area contributed by atoms with E-state index in [-0.39, 0.29) is 54.7 Å². The SMILES string of the molecule is O=S(=O)(O)Oc1c2ccccc2c(OS(=O)(=O)O)c2c1ccc1c2[nH]c2ccc3c4ccc5c6c(ccc(c(OS(=O)(=O)O)c3c21)c46)c1ccc2c(OS(=O)(=O)O)c3ccccc3c3nn5c1c23. The molecule has 5 N–H and O–H groups in total. The first-order valence-corrected chi connectivity index (χ1v) is 25.3. The highest BCUT2D eigenvalue weighted by Gasteiger charge is 2.30. The van der Waals surface area contributed by atoms with Gasteiger partial charge >= 0.3 is 41.6 Å². The third kappa shape index (κ3) is 5.72. The van der Waals surface area contributed by atoms with Gasteiger partial charge in [0.25, 0.3) is 0 Å². The predicted octanol–water partition coefficient (Wildman–Crippen LogP) is 8.95. The molecule has 0 spiro atoms. The van der Waals surface area contributed by atoms with Crippen molar-refractivity contribution < 1.29 is 68.6 Å². The Morgan fingerprint density at radius 3 is 1.43 bits per heavy atom. The van der Waals surface area contributed by atoms with E-state index in [1.807, 2.05) is 12.1 Å². The van der Waals surface area contributed by atoms with E-state index in [0.717, 1.165) is 0 Å². The predicted molar refractivity (Wildman–Crippen MR) is 253 cm³/mol. The molecule has 0 aliphatic carbocycles. The van der Waals surface area contributed by atoms with Crippen LogP contribution in [0.2, 0.25) is 0 Å². The fraction of sp³-hybridized carbons (Fsp3) is 0. The highest BCUT2D eigenvalue weighted by Crippen LogP contribution is 2.53. The van der Waals surface area contributed by atoms with Crippen molar-refractivity contribution in [3.05, 3.63) is 109 Å². The van der Waals surface area contributed by atoms with E-state index in [0.29, 0.717) is 81.3 Å². The van der Waals surface area contributed by atoms with E-state index in [2.05, 4.69) is 4.98 Å². The lowest BCUT2D eigenvalue weighted by Gasteiger charge is -2.19. The van der Waals surface area contributed by atoms with Gasteiger partial charge in [-0.2, -0.15) is 38.8 Å². The minimum atomic E-state index is -5.27. The van der Waals surface area contributed by atoms with Crippen molar-refractivity contribution in [3.63, 3.8) is 0 Å². The van der Waals surface area contributed by atoms with Gasteiger partial charge in [-0.15, -0.1) is 0 Å². The zero-order valence-corrected chi connectivity index (χ0v) is 36.9. The summed E-state index contributed by atoms with van der Waals surface area (Å²) in [5.74, 6) is -1.24. The largest absolute Gasteiger partial charge is 0.446 e. The van der Waals surface area contributed by atoms with Gasteiger partial charge in [-0.1, -0.05) is 78.9 Å². The van der Waals surface area contributed by atoms with E-state index in [1.165, 1.54) is 36.4 Å². The van der Waals surface area contributed by atoms with Crippen LogP contribution in [0.15, 0.2) is 109 Å². The van der Waals surface area contributed by atoms with Gasteiger partial charge in [0.15, 0.2) is 23.0 Å². The number of nitrogens with one attached hydrogen (secondary N) is 1. The maximum absolute atomic E-state index is 12.9. The Labute approximate surface area is 379 Å². The summed E-state index contributed by atoms with van der Waals surface area (Å²) in [4.78, 5) is 3.21. The quantitative estimate of drug-likeness (QED) is 0.0539. The maximum atomic E-state index is 12.9. The van der Waals surface area contributed by atoms with Gasteiger partial charge in [-0.05, 0) is 46.5 Å². The third-order valence-electron chi connectivity index (χ3n) is 12.5. The fourth-order valence-corrected chi connectivity index (χ4v) is 11.9. The summed E-state index contributed by atoms with van der Waals surface area (Å²) in [6, 6.07) is 29.3. The Bertz CT molecular complexity index is 4980. The zero-order valence-electron chi connectivity index (χ0n) is 33.6. The summed E-state index contributed by atoms with van der Waals surface area (Å²) in [5.41, 5.74) is 2.05. The Morgan fingerprint density at radius 1 is 0.382 bits per heavy atom. The topological polar surface area (TPSA) is 287 Å². The molecule has 0 aliphatic heterocycles. The molecule has 68 heavy (non-hydrogen) atoms. The molecule has 0 saturated heterocycles. The molecule has 3 heterocycles. The molecule has 0 atom stereocenters. The molecule has 0 saturated carbocycles. The highest BCUT2D eigenvalue weighted by atomic mass is 32.3. The minimum Gasteiger partial charge on any atom is -0.360 e. The number of hydrogen-bond donors (Lipinski definition) is 5. The van der Waals surface area contributed by atoms with E-state index >= 15 is 0 Å². The molecule has 10 aromatic carbocycles. The first kappa shape index (κ1) is 40.6. The van der Waals surface area contributed by atoms with Gasteiger partial charge in [0.05, 0.1) is 21.9 Å². The number of hydrogen-bond acceptors (Lipinski definition) is 13. The van der Waals surface area contributed by atoms with Gasteiger partial charge in [-0.3, -0.25) is 18.2 Å². The van der Waals surface area contributed by atoms with Crippen molar-refractivity contribution in [2.75, 3.05) is 0 Å². The molecule has 13 rings (SSSR count). The molecule has 19 nitrogen and oxygen atoms in total. The van der Waals surface area contributed by atoms with Crippen molar-refractivity contribution in [1.82, 2.24) is 14.6 Å². The summed E-state index contributed by atoms with van der Waals surface area (Å²) in [6.07, 6.45) is 0. The number of H-pyrrole nitrogens is 1. The van der Waals surface area contributed by atoms with Crippen LogP contribution < -0.4 is 16.7 Å². The van der Waals surface area contributed by atoms with E-state index in [1.54, 1.807) is 65.2 Å². The number of aromatic amines is 1. The van der Waals surface area contributed by atoms with Crippen LogP contribution in [0.1, 0.15) is 0 Å². The van der Waals surface area contributed by atoms with Crippen LogP contribution >= 0.6 is 0 Å². The number of fused-ring (bicyclic) bond motifs is 13. The average Bonchev–Trinajstić information content (AvgIpc) is 3.86. The van der Waals surface area contributed by atoms with Crippen LogP contribution in [0.25, 0.3) is 125 Å². The molecule has 0 unspecified atom stereocenters. The summed E-state index contributed by atoms with van der Waals surface area (Å²) in [6.45, 7) is 0. The van der Waals surface area contributed by atoms with Crippen LogP contribution in [0.4, 0.5) is 0 Å².